The van der Waals surface area contributed by atoms with Gasteiger partial charge in [0, 0.05) is 19.3 Å². The highest BCUT2D eigenvalue weighted by molar-refractivity contribution is 7.52. The zero-order valence-corrected chi connectivity index (χ0v) is 10.9. The van der Waals surface area contributed by atoms with E-state index in [1.807, 2.05) is 0 Å². The lowest BCUT2D eigenvalue weighted by atomic mass is 9.93. The molecule has 1 N–H and O–H groups in total. The predicted octanol–water partition coefficient (Wildman–Crippen LogP) is 0.724. The second-order valence-corrected chi connectivity index (χ2v) is 5.94. The molecule has 1 heterocycles. The van der Waals surface area contributed by atoms with E-state index in [0.29, 0.717) is 0 Å². The fraction of sp³-hybridized carbons (Fsp3) is 1.00. The summed E-state index contributed by atoms with van der Waals surface area (Å²) in [5.74, 6) is 0.127. The van der Waals surface area contributed by atoms with Gasteiger partial charge in [0.05, 0.1) is 12.0 Å². The fourth-order valence-corrected chi connectivity index (χ4v) is 2.57. The summed E-state index contributed by atoms with van der Waals surface area (Å²) in [7, 11) is 3.46. The Bertz CT molecular complexity index is 279. The van der Waals surface area contributed by atoms with Crippen LogP contribution in [0.4, 0.5) is 0 Å². The SMILES string of the molecule is [B][C@@H]1O[C@H](CCl)C(OP(=O)(O)CC)C1OC. The molecule has 16 heavy (non-hydrogen) atoms. The average molecular weight is 268 g/mol. The summed E-state index contributed by atoms with van der Waals surface area (Å²) in [6.07, 6.45) is -1.82. The third-order valence-electron chi connectivity index (χ3n) is 2.46. The van der Waals surface area contributed by atoms with Gasteiger partial charge in [0.2, 0.25) is 0 Å². The highest BCUT2D eigenvalue weighted by atomic mass is 35.5. The van der Waals surface area contributed by atoms with Crippen molar-refractivity contribution in [2.24, 2.45) is 0 Å². The lowest BCUT2D eigenvalue weighted by Crippen LogP contribution is -2.37. The topological polar surface area (TPSA) is 65.0 Å². The van der Waals surface area contributed by atoms with E-state index in [1.54, 1.807) is 6.92 Å². The third-order valence-corrected chi connectivity index (χ3v) is 4.13. The van der Waals surface area contributed by atoms with Gasteiger partial charge < -0.3 is 14.4 Å². The minimum atomic E-state index is -3.62. The van der Waals surface area contributed by atoms with E-state index in [2.05, 4.69) is 0 Å². The quantitative estimate of drug-likeness (QED) is 0.452. The molecule has 92 valence electrons. The molecule has 1 rings (SSSR count). The van der Waals surface area contributed by atoms with Crippen molar-refractivity contribution in [1.82, 2.24) is 0 Å². The first-order valence-electron chi connectivity index (χ1n) is 4.95. The van der Waals surface area contributed by atoms with Crippen LogP contribution in [0, 0.1) is 0 Å². The molecule has 5 nitrogen and oxygen atoms in total. The van der Waals surface area contributed by atoms with Gasteiger partial charge in [-0.2, -0.15) is 0 Å². The molecule has 8 heteroatoms. The van der Waals surface area contributed by atoms with E-state index >= 15 is 0 Å². The van der Waals surface area contributed by atoms with E-state index in [1.165, 1.54) is 7.11 Å². The average Bonchev–Trinajstić information content (AvgIpc) is 2.53. The molecule has 0 aromatic rings. The lowest BCUT2D eigenvalue weighted by molar-refractivity contribution is 0.0158. The monoisotopic (exact) mass is 268 g/mol. The summed E-state index contributed by atoms with van der Waals surface area (Å²) in [4.78, 5) is 9.43. The number of ether oxygens (including phenoxy) is 2. The van der Waals surface area contributed by atoms with Crippen molar-refractivity contribution < 1.29 is 23.5 Å². The summed E-state index contributed by atoms with van der Waals surface area (Å²) >= 11 is 5.67. The van der Waals surface area contributed by atoms with Crippen LogP contribution in [0.15, 0.2) is 0 Å². The maximum absolute atomic E-state index is 11.5. The molecular weight excluding hydrogens is 253 g/mol. The Kier molecular flexibility index (Phi) is 5.30. The molecule has 1 fully saturated rings. The normalized spacial score (nSPS) is 38.5. The minimum Gasteiger partial charge on any atom is -0.378 e. The summed E-state index contributed by atoms with van der Waals surface area (Å²) in [5.41, 5.74) is 0. The van der Waals surface area contributed by atoms with Gasteiger partial charge in [-0.1, -0.05) is 6.92 Å². The zero-order valence-electron chi connectivity index (χ0n) is 9.21. The molecule has 1 aliphatic heterocycles. The number of halogens is 1. The zero-order chi connectivity index (χ0) is 12.3. The van der Waals surface area contributed by atoms with Crippen LogP contribution in [0.5, 0.6) is 0 Å². The molecule has 0 aromatic carbocycles. The van der Waals surface area contributed by atoms with Crippen LogP contribution in [0.3, 0.4) is 0 Å². The smallest absolute Gasteiger partial charge is 0.328 e. The second kappa shape index (κ2) is 5.85. The van der Waals surface area contributed by atoms with Crippen LogP contribution in [0.1, 0.15) is 6.92 Å². The van der Waals surface area contributed by atoms with E-state index < -0.39 is 31.9 Å². The van der Waals surface area contributed by atoms with E-state index in [0.717, 1.165) is 0 Å². The van der Waals surface area contributed by atoms with Crippen molar-refractivity contribution in [3.8, 4) is 0 Å². The molecule has 0 amide bonds. The summed E-state index contributed by atoms with van der Waals surface area (Å²) in [5, 5.41) is 0. The Morgan fingerprint density at radius 2 is 2.19 bits per heavy atom. The molecule has 5 atom stereocenters. The maximum atomic E-state index is 11.5. The van der Waals surface area contributed by atoms with Crippen LogP contribution in [0.25, 0.3) is 0 Å². The Morgan fingerprint density at radius 3 is 2.62 bits per heavy atom. The highest BCUT2D eigenvalue weighted by Crippen LogP contribution is 2.45. The molecule has 0 bridgehead atoms. The third kappa shape index (κ3) is 3.22. The van der Waals surface area contributed by atoms with E-state index in [-0.39, 0.29) is 12.0 Å². The molecule has 0 aromatic heterocycles. The Hall–Kier alpha value is 0.425. The molecule has 3 unspecified atom stereocenters. The molecule has 0 saturated carbocycles. The van der Waals surface area contributed by atoms with Crippen molar-refractivity contribution in [2.75, 3.05) is 19.2 Å². The molecular formula is C8H15BClO5P. The van der Waals surface area contributed by atoms with Crippen LogP contribution >= 0.6 is 19.2 Å². The standard InChI is InChI=1S/C8H15BClO5P/c1-3-16(11,12)15-6-5(4-10)14-8(9)7(6)13-2/h5-8H,3-4H2,1-2H3,(H,11,12)/t5-,6?,7?,8-/m1/s1. The Morgan fingerprint density at radius 1 is 1.56 bits per heavy atom. The van der Waals surface area contributed by atoms with E-state index in [9.17, 15) is 9.46 Å². The van der Waals surface area contributed by atoms with Gasteiger partial charge in [0.15, 0.2) is 0 Å². The first-order chi connectivity index (χ1) is 7.45. The molecule has 1 aliphatic rings. The van der Waals surface area contributed by atoms with Gasteiger partial charge >= 0.3 is 7.60 Å². The van der Waals surface area contributed by atoms with Gasteiger partial charge in [-0.25, -0.2) is 0 Å². The first kappa shape index (κ1) is 14.5. The number of rotatable bonds is 5. The Balaban J connectivity index is 2.77. The van der Waals surface area contributed by atoms with Crippen molar-refractivity contribution in [3.63, 3.8) is 0 Å². The molecule has 0 spiro atoms. The van der Waals surface area contributed by atoms with Gasteiger partial charge in [-0.05, 0) is 0 Å². The first-order valence-corrected chi connectivity index (χ1v) is 7.25. The summed E-state index contributed by atoms with van der Waals surface area (Å²) in [6, 6.07) is -0.699. The number of methoxy groups -OCH3 is 1. The highest BCUT2D eigenvalue weighted by Gasteiger charge is 2.45. The minimum absolute atomic E-state index is 0.0180. The number of hydrogen-bond acceptors (Lipinski definition) is 4. The molecule has 0 aliphatic carbocycles. The van der Waals surface area contributed by atoms with Gasteiger partial charge in [-0.15, -0.1) is 11.6 Å². The molecule has 1 saturated heterocycles. The van der Waals surface area contributed by atoms with Crippen molar-refractivity contribution in [2.45, 2.75) is 31.2 Å². The van der Waals surface area contributed by atoms with Crippen molar-refractivity contribution in [3.05, 3.63) is 0 Å². The maximum Gasteiger partial charge on any atom is 0.328 e. The van der Waals surface area contributed by atoms with Crippen molar-refractivity contribution in [1.29, 1.82) is 0 Å². The van der Waals surface area contributed by atoms with Gasteiger partial charge in [0.25, 0.3) is 0 Å². The fourth-order valence-electron chi connectivity index (χ4n) is 1.54. The van der Waals surface area contributed by atoms with Crippen LogP contribution in [0.2, 0.25) is 0 Å². The number of hydrogen-bond donors (Lipinski definition) is 1. The van der Waals surface area contributed by atoms with E-state index in [4.69, 9.17) is 33.4 Å². The van der Waals surface area contributed by atoms with Crippen molar-refractivity contribution >= 4 is 27.0 Å². The lowest BCUT2D eigenvalue weighted by Gasteiger charge is -2.24. The van der Waals surface area contributed by atoms with Crippen LogP contribution in [-0.2, 0) is 18.6 Å². The predicted molar refractivity (Wildman–Crippen MR) is 61.2 cm³/mol. The second-order valence-electron chi connectivity index (χ2n) is 3.52. The van der Waals surface area contributed by atoms with Gasteiger partial charge in [-0.3, -0.25) is 9.09 Å². The molecule has 2 radical (unpaired) electrons. The summed E-state index contributed by atoms with van der Waals surface area (Å²) < 4.78 is 27.0. The van der Waals surface area contributed by atoms with Crippen LogP contribution in [-0.4, -0.2) is 56.2 Å². The van der Waals surface area contributed by atoms with Gasteiger partial charge in [0.1, 0.15) is 20.1 Å². The van der Waals surface area contributed by atoms with Crippen LogP contribution < -0.4 is 0 Å². The largest absolute Gasteiger partial charge is 0.378 e. The number of alkyl halides is 1. The Labute approximate surface area is 101 Å². The summed E-state index contributed by atoms with van der Waals surface area (Å²) in [6.45, 7) is 1.56.